The highest BCUT2D eigenvalue weighted by Crippen LogP contribution is 2.18. The lowest BCUT2D eigenvalue weighted by Crippen LogP contribution is -2.35. The number of nitrogens with one attached hydrogen (secondary N) is 1. The standard InChI is InChI=1S/C10H20N2O2/c1-8(13)7-12(2)10(14)5-6-11-9-3-4-9/h8-9,11,13H,3-7H2,1-2H3. The molecular formula is C10H20N2O2. The van der Waals surface area contributed by atoms with Crippen LogP contribution in [-0.2, 0) is 4.79 Å². The molecule has 1 saturated carbocycles. The highest BCUT2D eigenvalue weighted by Gasteiger charge is 2.20. The Morgan fingerprint density at radius 1 is 1.64 bits per heavy atom. The molecular weight excluding hydrogens is 180 g/mol. The topological polar surface area (TPSA) is 52.6 Å². The van der Waals surface area contributed by atoms with Gasteiger partial charge in [-0.3, -0.25) is 4.79 Å². The number of amides is 1. The van der Waals surface area contributed by atoms with Gasteiger partial charge in [-0.25, -0.2) is 0 Å². The predicted molar refractivity (Wildman–Crippen MR) is 55.0 cm³/mol. The van der Waals surface area contributed by atoms with Gasteiger partial charge in [0.05, 0.1) is 6.10 Å². The van der Waals surface area contributed by atoms with Crippen LogP contribution in [0.25, 0.3) is 0 Å². The van der Waals surface area contributed by atoms with E-state index < -0.39 is 6.10 Å². The van der Waals surface area contributed by atoms with Gasteiger partial charge in [-0.2, -0.15) is 0 Å². The van der Waals surface area contributed by atoms with Crippen molar-refractivity contribution >= 4 is 5.91 Å². The number of carbonyl (C=O) groups excluding carboxylic acids is 1. The summed E-state index contributed by atoms with van der Waals surface area (Å²) in [7, 11) is 1.73. The first-order valence-electron chi connectivity index (χ1n) is 5.25. The number of hydrogen-bond acceptors (Lipinski definition) is 3. The van der Waals surface area contributed by atoms with Crippen molar-refractivity contribution in [1.29, 1.82) is 0 Å². The van der Waals surface area contributed by atoms with Crippen LogP contribution in [0.2, 0.25) is 0 Å². The van der Waals surface area contributed by atoms with Crippen LogP contribution in [-0.4, -0.2) is 48.2 Å². The summed E-state index contributed by atoms with van der Waals surface area (Å²) in [5.41, 5.74) is 0. The Bertz CT molecular complexity index is 191. The Balaban J connectivity index is 2.06. The van der Waals surface area contributed by atoms with Crippen molar-refractivity contribution in [1.82, 2.24) is 10.2 Å². The zero-order valence-electron chi connectivity index (χ0n) is 8.99. The van der Waals surface area contributed by atoms with E-state index >= 15 is 0 Å². The van der Waals surface area contributed by atoms with Gasteiger partial charge in [-0.15, -0.1) is 0 Å². The van der Waals surface area contributed by atoms with Gasteiger partial charge in [0.1, 0.15) is 0 Å². The van der Waals surface area contributed by atoms with Crippen LogP contribution in [0, 0.1) is 0 Å². The van der Waals surface area contributed by atoms with Gasteiger partial charge in [0.15, 0.2) is 0 Å². The quantitative estimate of drug-likeness (QED) is 0.633. The van der Waals surface area contributed by atoms with Crippen LogP contribution in [0.4, 0.5) is 0 Å². The van der Waals surface area contributed by atoms with Crippen LogP contribution in [0.15, 0.2) is 0 Å². The Morgan fingerprint density at radius 3 is 2.79 bits per heavy atom. The summed E-state index contributed by atoms with van der Waals surface area (Å²) in [5.74, 6) is 0.0963. The van der Waals surface area contributed by atoms with E-state index in [-0.39, 0.29) is 5.91 Å². The molecule has 0 heterocycles. The second-order valence-electron chi connectivity index (χ2n) is 4.10. The van der Waals surface area contributed by atoms with Crippen molar-refractivity contribution in [3.8, 4) is 0 Å². The summed E-state index contributed by atoms with van der Waals surface area (Å²) in [6.07, 6.45) is 2.58. The number of aliphatic hydroxyl groups excluding tert-OH is 1. The summed E-state index contributed by atoms with van der Waals surface area (Å²) in [6, 6.07) is 0.657. The molecule has 1 atom stereocenters. The van der Waals surface area contributed by atoms with Crippen LogP contribution in [0.1, 0.15) is 26.2 Å². The summed E-state index contributed by atoms with van der Waals surface area (Å²) >= 11 is 0. The van der Waals surface area contributed by atoms with Crippen molar-refractivity contribution < 1.29 is 9.90 Å². The minimum absolute atomic E-state index is 0.0963. The molecule has 14 heavy (non-hydrogen) atoms. The molecule has 0 spiro atoms. The monoisotopic (exact) mass is 200 g/mol. The van der Waals surface area contributed by atoms with Gasteiger partial charge >= 0.3 is 0 Å². The highest BCUT2D eigenvalue weighted by atomic mass is 16.3. The molecule has 1 aliphatic rings. The normalized spacial score (nSPS) is 17.9. The molecule has 1 rings (SSSR count). The van der Waals surface area contributed by atoms with E-state index in [1.165, 1.54) is 12.8 Å². The Labute approximate surface area is 85.3 Å². The minimum atomic E-state index is -0.444. The second-order valence-corrected chi connectivity index (χ2v) is 4.10. The van der Waals surface area contributed by atoms with Crippen LogP contribution < -0.4 is 5.32 Å². The number of likely N-dealkylation sites (N-methyl/N-ethyl adjacent to an activating group) is 1. The summed E-state index contributed by atoms with van der Waals surface area (Å²) in [5, 5.41) is 12.4. The van der Waals surface area contributed by atoms with E-state index in [1.54, 1.807) is 18.9 Å². The molecule has 0 bridgehead atoms. The molecule has 1 amide bonds. The van der Waals surface area contributed by atoms with Gasteiger partial charge in [0, 0.05) is 32.6 Å². The maximum Gasteiger partial charge on any atom is 0.223 e. The van der Waals surface area contributed by atoms with E-state index in [2.05, 4.69) is 5.32 Å². The lowest BCUT2D eigenvalue weighted by molar-refractivity contribution is -0.130. The molecule has 1 fully saturated rings. The maximum atomic E-state index is 11.5. The number of rotatable bonds is 6. The first-order valence-corrected chi connectivity index (χ1v) is 5.25. The second kappa shape index (κ2) is 5.32. The first kappa shape index (κ1) is 11.5. The Morgan fingerprint density at radius 2 is 2.29 bits per heavy atom. The van der Waals surface area contributed by atoms with E-state index in [9.17, 15) is 4.79 Å². The first-order chi connectivity index (χ1) is 6.59. The molecule has 0 radical (unpaired) electrons. The fourth-order valence-electron chi connectivity index (χ4n) is 1.36. The molecule has 1 unspecified atom stereocenters. The molecule has 0 aromatic rings. The Hall–Kier alpha value is -0.610. The van der Waals surface area contributed by atoms with E-state index in [4.69, 9.17) is 5.11 Å². The molecule has 2 N–H and O–H groups in total. The van der Waals surface area contributed by atoms with Gasteiger partial charge in [0.25, 0.3) is 0 Å². The third-order valence-electron chi connectivity index (χ3n) is 2.31. The SMILES string of the molecule is CC(O)CN(C)C(=O)CCNC1CC1. The zero-order chi connectivity index (χ0) is 10.6. The number of aliphatic hydroxyl groups is 1. The number of nitrogens with zero attached hydrogens (tertiary/aromatic N) is 1. The molecule has 0 aromatic heterocycles. The fourth-order valence-corrected chi connectivity index (χ4v) is 1.36. The lowest BCUT2D eigenvalue weighted by Gasteiger charge is -2.18. The lowest BCUT2D eigenvalue weighted by atomic mass is 10.3. The van der Waals surface area contributed by atoms with Crippen molar-refractivity contribution in [3.63, 3.8) is 0 Å². The van der Waals surface area contributed by atoms with Crippen LogP contribution in [0.5, 0.6) is 0 Å². The summed E-state index contributed by atoms with van der Waals surface area (Å²) in [4.78, 5) is 13.0. The van der Waals surface area contributed by atoms with Crippen LogP contribution in [0.3, 0.4) is 0 Å². The summed E-state index contributed by atoms with van der Waals surface area (Å²) in [6.45, 7) is 2.86. The minimum Gasteiger partial charge on any atom is -0.392 e. The third kappa shape index (κ3) is 4.58. The molecule has 0 aromatic carbocycles. The molecule has 4 nitrogen and oxygen atoms in total. The van der Waals surface area contributed by atoms with Crippen molar-refractivity contribution in [2.45, 2.75) is 38.3 Å². The smallest absolute Gasteiger partial charge is 0.223 e. The summed E-state index contributed by atoms with van der Waals surface area (Å²) < 4.78 is 0. The zero-order valence-corrected chi connectivity index (χ0v) is 8.99. The highest BCUT2D eigenvalue weighted by molar-refractivity contribution is 5.76. The van der Waals surface area contributed by atoms with Crippen molar-refractivity contribution in [2.24, 2.45) is 0 Å². The number of carbonyl (C=O) groups is 1. The van der Waals surface area contributed by atoms with E-state index in [0.717, 1.165) is 6.54 Å². The van der Waals surface area contributed by atoms with E-state index in [0.29, 0.717) is 19.0 Å². The van der Waals surface area contributed by atoms with E-state index in [1.807, 2.05) is 0 Å². The molecule has 0 saturated heterocycles. The molecule has 0 aliphatic heterocycles. The third-order valence-corrected chi connectivity index (χ3v) is 2.31. The fraction of sp³-hybridized carbons (Fsp3) is 0.900. The number of hydrogen-bond donors (Lipinski definition) is 2. The molecule has 1 aliphatic carbocycles. The predicted octanol–water partition coefficient (Wildman–Crippen LogP) is -0.0323. The molecule has 4 heteroatoms. The van der Waals surface area contributed by atoms with Gasteiger partial charge in [-0.05, 0) is 19.8 Å². The van der Waals surface area contributed by atoms with Crippen molar-refractivity contribution in [3.05, 3.63) is 0 Å². The maximum absolute atomic E-state index is 11.5. The Kier molecular flexibility index (Phi) is 4.35. The molecule has 82 valence electrons. The van der Waals surface area contributed by atoms with Gasteiger partial charge in [0.2, 0.25) is 5.91 Å². The van der Waals surface area contributed by atoms with Crippen LogP contribution >= 0.6 is 0 Å². The average Bonchev–Trinajstić information content (AvgIpc) is 2.86. The van der Waals surface area contributed by atoms with Crippen molar-refractivity contribution in [2.75, 3.05) is 20.1 Å². The largest absolute Gasteiger partial charge is 0.392 e. The average molecular weight is 200 g/mol. The van der Waals surface area contributed by atoms with Gasteiger partial charge < -0.3 is 15.3 Å². The van der Waals surface area contributed by atoms with Gasteiger partial charge in [-0.1, -0.05) is 0 Å².